The van der Waals surface area contributed by atoms with Gasteiger partial charge in [-0.25, -0.2) is 0 Å². The highest BCUT2D eigenvalue weighted by Crippen LogP contribution is 2.36. The van der Waals surface area contributed by atoms with Crippen LogP contribution in [0.1, 0.15) is 5.56 Å². The number of hydrogen-bond donors (Lipinski definition) is 1. The van der Waals surface area contributed by atoms with E-state index in [4.69, 9.17) is 19.9 Å². The Balaban J connectivity index is 0.00000133. The summed E-state index contributed by atoms with van der Waals surface area (Å²) < 4.78 is 16.3. The minimum Gasteiger partial charge on any atom is -0.457 e. The molecule has 4 nitrogen and oxygen atoms in total. The van der Waals surface area contributed by atoms with Gasteiger partial charge in [-0.15, -0.1) is 12.4 Å². The summed E-state index contributed by atoms with van der Waals surface area (Å²) in [4.78, 5) is 0. The van der Waals surface area contributed by atoms with Crippen LogP contribution in [-0.2, 0) is 6.54 Å². The quantitative estimate of drug-likeness (QED) is 0.938. The molecule has 1 aliphatic rings. The van der Waals surface area contributed by atoms with Gasteiger partial charge in [0, 0.05) is 12.6 Å². The van der Waals surface area contributed by atoms with E-state index in [1.807, 2.05) is 42.5 Å². The van der Waals surface area contributed by atoms with Gasteiger partial charge in [-0.05, 0) is 29.8 Å². The largest absolute Gasteiger partial charge is 0.457 e. The van der Waals surface area contributed by atoms with Crippen molar-refractivity contribution in [2.45, 2.75) is 6.54 Å². The molecule has 19 heavy (non-hydrogen) atoms. The topological polar surface area (TPSA) is 53.7 Å². The molecule has 0 unspecified atom stereocenters. The number of halogens is 1. The normalized spacial score (nSPS) is 11.8. The third-order valence-electron chi connectivity index (χ3n) is 2.74. The van der Waals surface area contributed by atoms with E-state index in [2.05, 4.69) is 0 Å². The third kappa shape index (κ3) is 2.92. The predicted octanol–water partition coefficient (Wildman–Crippen LogP) is 3.09. The lowest BCUT2D eigenvalue weighted by atomic mass is 10.2. The average Bonchev–Trinajstić information content (AvgIpc) is 2.87. The first-order chi connectivity index (χ1) is 8.85. The second kappa shape index (κ2) is 5.82. The molecule has 0 atom stereocenters. The van der Waals surface area contributed by atoms with Crippen molar-refractivity contribution in [2.24, 2.45) is 5.73 Å². The molecule has 0 aromatic heterocycles. The van der Waals surface area contributed by atoms with Crippen molar-refractivity contribution in [1.82, 2.24) is 0 Å². The van der Waals surface area contributed by atoms with E-state index in [-0.39, 0.29) is 19.2 Å². The first kappa shape index (κ1) is 13.5. The Bertz CT molecular complexity index is 557. The van der Waals surface area contributed by atoms with Gasteiger partial charge >= 0.3 is 0 Å². The molecule has 2 aromatic carbocycles. The van der Waals surface area contributed by atoms with Gasteiger partial charge in [0.1, 0.15) is 11.5 Å². The monoisotopic (exact) mass is 279 g/mol. The standard InChI is InChI=1S/C14H13NO3.ClH/c15-8-10-1-3-11(4-2-10)18-12-5-6-13-14(7-12)17-9-16-13;/h1-7H,8-9,15H2;1H. The molecule has 100 valence electrons. The van der Waals surface area contributed by atoms with Crippen LogP contribution in [0.15, 0.2) is 42.5 Å². The second-order valence-electron chi connectivity index (χ2n) is 3.97. The van der Waals surface area contributed by atoms with E-state index in [9.17, 15) is 0 Å². The minimum absolute atomic E-state index is 0. The van der Waals surface area contributed by atoms with Gasteiger partial charge in [-0.3, -0.25) is 0 Å². The maximum absolute atomic E-state index is 5.73. The average molecular weight is 280 g/mol. The zero-order chi connectivity index (χ0) is 12.4. The Hall–Kier alpha value is -1.91. The highest BCUT2D eigenvalue weighted by molar-refractivity contribution is 5.85. The van der Waals surface area contributed by atoms with Crippen LogP contribution in [0.5, 0.6) is 23.0 Å². The molecular weight excluding hydrogens is 266 g/mol. The highest BCUT2D eigenvalue weighted by atomic mass is 35.5. The van der Waals surface area contributed by atoms with Crippen LogP contribution in [0, 0.1) is 0 Å². The van der Waals surface area contributed by atoms with Crippen molar-refractivity contribution in [3.8, 4) is 23.0 Å². The summed E-state index contributed by atoms with van der Waals surface area (Å²) in [6.07, 6.45) is 0. The Kier molecular flexibility index (Phi) is 4.14. The van der Waals surface area contributed by atoms with Crippen molar-refractivity contribution in [2.75, 3.05) is 6.79 Å². The minimum atomic E-state index is 0. The summed E-state index contributed by atoms with van der Waals surface area (Å²) in [7, 11) is 0. The third-order valence-corrected chi connectivity index (χ3v) is 2.74. The van der Waals surface area contributed by atoms with E-state index in [0.717, 1.165) is 22.8 Å². The molecule has 0 radical (unpaired) electrons. The number of fused-ring (bicyclic) bond motifs is 1. The molecule has 0 amide bonds. The van der Waals surface area contributed by atoms with Crippen molar-refractivity contribution >= 4 is 12.4 Å². The summed E-state index contributed by atoms with van der Waals surface area (Å²) in [6.45, 7) is 0.800. The molecule has 1 heterocycles. The molecule has 5 heteroatoms. The van der Waals surface area contributed by atoms with Gasteiger partial charge in [0.25, 0.3) is 0 Å². The van der Waals surface area contributed by atoms with Crippen molar-refractivity contribution in [3.05, 3.63) is 48.0 Å². The van der Waals surface area contributed by atoms with E-state index in [1.54, 1.807) is 0 Å². The van der Waals surface area contributed by atoms with Crippen molar-refractivity contribution in [1.29, 1.82) is 0 Å². The first-order valence-electron chi connectivity index (χ1n) is 5.72. The van der Waals surface area contributed by atoms with Gasteiger partial charge in [0.05, 0.1) is 0 Å². The zero-order valence-corrected chi connectivity index (χ0v) is 11.0. The maximum Gasteiger partial charge on any atom is 0.231 e. The van der Waals surface area contributed by atoms with Crippen LogP contribution in [0.4, 0.5) is 0 Å². The fraction of sp³-hybridized carbons (Fsp3) is 0.143. The molecule has 0 spiro atoms. The van der Waals surface area contributed by atoms with Crippen LogP contribution in [0.3, 0.4) is 0 Å². The van der Waals surface area contributed by atoms with Crippen molar-refractivity contribution in [3.63, 3.8) is 0 Å². The summed E-state index contributed by atoms with van der Waals surface area (Å²) in [5.41, 5.74) is 6.62. The van der Waals surface area contributed by atoms with Crippen LogP contribution < -0.4 is 19.9 Å². The fourth-order valence-electron chi connectivity index (χ4n) is 1.77. The molecule has 0 saturated carbocycles. The summed E-state index contributed by atoms with van der Waals surface area (Å²) in [5.74, 6) is 2.96. The van der Waals surface area contributed by atoms with Crippen molar-refractivity contribution < 1.29 is 14.2 Å². The Morgan fingerprint density at radius 3 is 2.37 bits per heavy atom. The zero-order valence-electron chi connectivity index (χ0n) is 10.2. The molecule has 0 fully saturated rings. The Labute approximate surface area is 117 Å². The van der Waals surface area contributed by atoms with Gasteiger partial charge in [0.2, 0.25) is 6.79 Å². The SMILES string of the molecule is Cl.NCc1ccc(Oc2ccc3c(c2)OCO3)cc1. The molecule has 2 aromatic rings. The van der Waals surface area contributed by atoms with Crippen LogP contribution >= 0.6 is 12.4 Å². The number of rotatable bonds is 3. The molecule has 0 saturated heterocycles. The number of nitrogens with two attached hydrogens (primary N) is 1. The number of ether oxygens (including phenoxy) is 3. The Morgan fingerprint density at radius 1 is 0.947 bits per heavy atom. The molecule has 0 aliphatic carbocycles. The first-order valence-corrected chi connectivity index (χ1v) is 5.72. The molecule has 3 rings (SSSR count). The summed E-state index contributed by atoms with van der Waals surface area (Å²) >= 11 is 0. The summed E-state index contributed by atoms with van der Waals surface area (Å²) in [5, 5.41) is 0. The molecule has 2 N–H and O–H groups in total. The van der Waals surface area contributed by atoms with Gasteiger partial charge in [-0.1, -0.05) is 12.1 Å². The number of benzene rings is 2. The van der Waals surface area contributed by atoms with E-state index in [0.29, 0.717) is 12.3 Å². The van der Waals surface area contributed by atoms with E-state index >= 15 is 0 Å². The van der Waals surface area contributed by atoms with E-state index in [1.165, 1.54) is 0 Å². The fourth-order valence-corrected chi connectivity index (χ4v) is 1.77. The van der Waals surface area contributed by atoms with Crippen LogP contribution in [0.2, 0.25) is 0 Å². The Morgan fingerprint density at radius 2 is 1.63 bits per heavy atom. The lowest BCUT2D eigenvalue weighted by molar-refractivity contribution is 0.174. The van der Waals surface area contributed by atoms with Crippen LogP contribution in [0.25, 0.3) is 0 Å². The van der Waals surface area contributed by atoms with Gasteiger partial charge in [0.15, 0.2) is 11.5 Å². The molecular formula is C14H14ClNO3. The van der Waals surface area contributed by atoms with E-state index < -0.39 is 0 Å². The molecule has 1 aliphatic heterocycles. The second-order valence-corrected chi connectivity index (χ2v) is 3.97. The predicted molar refractivity (Wildman–Crippen MR) is 74.2 cm³/mol. The number of hydrogen-bond acceptors (Lipinski definition) is 4. The molecule has 0 bridgehead atoms. The lowest BCUT2D eigenvalue weighted by Crippen LogP contribution is -1.95. The van der Waals surface area contributed by atoms with Gasteiger partial charge in [-0.2, -0.15) is 0 Å². The lowest BCUT2D eigenvalue weighted by Gasteiger charge is -2.07. The highest BCUT2D eigenvalue weighted by Gasteiger charge is 2.13. The summed E-state index contributed by atoms with van der Waals surface area (Å²) in [6, 6.07) is 13.2. The maximum atomic E-state index is 5.73. The van der Waals surface area contributed by atoms with Gasteiger partial charge < -0.3 is 19.9 Å². The smallest absolute Gasteiger partial charge is 0.231 e. The van der Waals surface area contributed by atoms with Crippen LogP contribution in [-0.4, -0.2) is 6.79 Å².